The molecule has 1 fully saturated rings. The van der Waals surface area contributed by atoms with Crippen molar-refractivity contribution in [1.29, 1.82) is 0 Å². The quantitative estimate of drug-likeness (QED) is 0.300. The van der Waals surface area contributed by atoms with Gasteiger partial charge in [-0.3, -0.25) is 14.3 Å². The van der Waals surface area contributed by atoms with Crippen LogP contribution in [0, 0.1) is 0 Å². The average molecular weight is 673 g/mol. The van der Waals surface area contributed by atoms with E-state index in [9.17, 15) is 32.7 Å². The number of hydrogen-bond acceptors (Lipinski definition) is 10. The van der Waals surface area contributed by atoms with Gasteiger partial charge in [0.1, 0.15) is 18.9 Å². The molecule has 1 aliphatic heterocycles. The highest BCUT2D eigenvalue weighted by Crippen LogP contribution is 2.28. The predicted molar refractivity (Wildman–Crippen MR) is 155 cm³/mol. The number of benzene rings is 1. The third-order valence-electron chi connectivity index (χ3n) is 6.43. The maximum absolute atomic E-state index is 12.9. The Kier molecular flexibility index (Phi) is 11.8. The van der Waals surface area contributed by atoms with Crippen molar-refractivity contribution >= 4 is 44.0 Å². The standard InChI is InChI=1S/C27H34BrN3O10S/c1-4-12-30(13-5-2)42(37,38)20-8-6-18(7-9-20)26(35)40-17(3)25(34)39-16-22-21(32)14-23(41-22)31-15-19(10-11-28)24(33)29-27(31)36/h6-11,15,17,21-23,32H,4-5,12-14,16H2,1-3H3,(H,29,33,36)/b11-10+/t17?,21?,22-,23-/m0/s1. The molecule has 0 bridgehead atoms. The van der Waals surface area contributed by atoms with Crippen LogP contribution in [0.2, 0.25) is 0 Å². The minimum atomic E-state index is -3.72. The fraction of sp³-hybridized carbons (Fsp3) is 0.481. The second-order valence-corrected chi connectivity index (χ2v) is 12.0. The van der Waals surface area contributed by atoms with E-state index >= 15 is 0 Å². The van der Waals surface area contributed by atoms with Crippen LogP contribution in [-0.4, -0.2) is 77.3 Å². The van der Waals surface area contributed by atoms with Crippen LogP contribution < -0.4 is 11.2 Å². The maximum Gasteiger partial charge on any atom is 0.347 e. The van der Waals surface area contributed by atoms with Crippen LogP contribution in [0.5, 0.6) is 0 Å². The first-order valence-electron chi connectivity index (χ1n) is 13.4. The number of carbonyl (C=O) groups excluding carboxylic acids is 2. The van der Waals surface area contributed by atoms with Gasteiger partial charge in [0.2, 0.25) is 10.0 Å². The Hall–Kier alpha value is -3.11. The number of carbonyl (C=O) groups is 2. The van der Waals surface area contributed by atoms with Gasteiger partial charge in [-0.25, -0.2) is 22.8 Å². The first-order chi connectivity index (χ1) is 19.9. The van der Waals surface area contributed by atoms with Gasteiger partial charge in [0.25, 0.3) is 5.56 Å². The van der Waals surface area contributed by atoms with Crippen molar-refractivity contribution in [3.63, 3.8) is 0 Å². The highest BCUT2D eigenvalue weighted by Gasteiger charge is 2.37. The third kappa shape index (κ3) is 8.04. The lowest BCUT2D eigenvalue weighted by Gasteiger charge is -2.21. The summed E-state index contributed by atoms with van der Waals surface area (Å²) in [5.41, 5.74) is -1.09. The molecule has 0 saturated carbocycles. The van der Waals surface area contributed by atoms with Crippen LogP contribution >= 0.6 is 15.9 Å². The van der Waals surface area contributed by atoms with E-state index in [2.05, 4.69) is 20.9 Å². The number of aliphatic hydroxyl groups excluding tert-OH is 1. The maximum atomic E-state index is 12.9. The predicted octanol–water partition coefficient (Wildman–Crippen LogP) is 2.15. The third-order valence-corrected chi connectivity index (χ3v) is 8.61. The molecule has 2 unspecified atom stereocenters. The Balaban J connectivity index is 1.57. The fourth-order valence-corrected chi connectivity index (χ4v) is 6.17. The van der Waals surface area contributed by atoms with Gasteiger partial charge >= 0.3 is 17.6 Å². The van der Waals surface area contributed by atoms with E-state index in [0.29, 0.717) is 25.9 Å². The smallest absolute Gasteiger partial charge is 0.347 e. The number of aromatic nitrogens is 2. The first-order valence-corrected chi connectivity index (χ1v) is 15.7. The summed E-state index contributed by atoms with van der Waals surface area (Å²) in [5, 5.41) is 10.4. The van der Waals surface area contributed by atoms with E-state index in [4.69, 9.17) is 14.2 Å². The summed E-state index contributed by atoms with van der Waals surface area (Å²) in [4.78, 5) is 52.9. The molecule has 15 heteroatoms. The number of esters is 2. The molecule has 1 saturated heterocycles. The monoisotopic (exact) mass is 671 g/mol. The molecule has 1 aromatic heterocycles. The van der Waals surface area contributed by atoms with E-state index in [-0.39, 0.29) is 29.1 Å². The van der Waals surface area contributed by atoms with Crippen LogP contribution in [-0.2, 0) is 29.0 Å². The molecule has 2 heterocycles. The summed E-state index contributed by atoms with van der Waals surface area (Å²) in [6.07, 6.45) is -0.260. The van der Waals surface area contributed by atoms with Crippen molar-refractivity contribution in [2.24, 2.45) is 0 Å². The van der Waals surface area contributed by atoms with Gasteiger partial charge in [0.15, 0.2) is 6.10 Å². The normalized spacial score (nSPS) is 19.7. The highest BCUT2D eigenvalue weighted by atomic mass is 79.9. The number of ether oxygens (including phenoxy) is 3. The lowest BCUT2D eigenvalue weighted by molar-refractivity contribution is -0.159. The number of rotatable bonds is 13. The van der Waals surface area contributed by atoms with Gasteiger partial charge in [-0.05, 0) is 55.1 Å². The zero-order valence-corrected chi connectivity index (χ0v) is 25.8. The average Bonchev–Trinajstić information content (AvgIpc) is 3.32. The summed E-state index contributed by atoms with van der Waals surface area (Å²) >= 11 is 3.07. The highest BCUT2D eigenvalue weighted by molar-refractivity contribution is 9.11. The molecule has 42 heavy (non-hydrogen) atoms. The number of nitrogens with zero attached hydrogens (tertiary/aromatic N) is 2. The van der Waals surface area contributed by atoms with E-state index in [1.54, 1.807) is 0 Å². The minimum Gasteiger partial charge on any atom is -0.460 e. The lowest BCUT2D eigenvalue weighted by atomic mass is 10.2. The Labute approximate surface area is 251 Å². The van der Waals surface area contributed by atoms with E-state index < -0.39 is 57.8 Å². The van der Waals surface area contributed by atoms with Crippen LogP contribution in [0.1, 0.15) is 62.2 Å². The minimum absolute atomic E-state index is 0.00343. The molecule has 4 atom stereocenters. The summed E-state index contributed by atoms with van der Waals surface area (Å²) in [6.45, 7) is 5.46. The zero-order valence-electron chi connectivity index (χ0n) is 23.4. The topological polar surface area (TPSA) is 174 Å². The molecule has 0 radical (unpaired) electrons. The number of hydrogen-bond donors (Lipinski definition) is 2. The number of nitrogens with one attached hydrogen (secondary N) is 1. The molecule has 3 rings (SSSR count). The van der Waals surface area contributed by atoms with Gasteiger partial charge in [-0.15, -0.1) is 0 Å². The van der Waals surface area contributed by atoms with Crippen molar-refractivity contribution in [1.82, 2.24) is 13.9 Å². The first kappa shape index (κ1) is 33.4. The SMILES string of the molecule is CCCN(CCC)S(=O)(=O)c1ccc(C(=O)OC(C)C(=O)OC[C@@H]2O[C@H](n3cc(/C=C/Br)c(=O)[nH]c3=O)CC2O)cc1. The van der Waals surface area contributed by atoms with Crippen molar-refractivity contribution in [3.8, 4) is 0 Å². The molecule has 0 spiro atoms. The molecule has 2 aromatic rings. The van der Waals surface area contributed by atoms with Gasteiger partial charge in [0.05, 0.1) is 22.1 Å². The van der Waals surface area contributed by atoms with Crippen LogP contribution in [0.15, 0.2) is 49.9 Å². The zero-order chi connectivity index (χ0) is 31.0. The summed E-state index contributed by atoms with van der Waals surface area (Å²) in [5.74, 6) is -1.76. The van der Waals surface area contributed by atoms with Gasteiger partial charge in [0, 0.05) is 25.7 Å². The van der Waals surface area contributed by atoms with E-state index in [0.717, 1.165) is 4.57 Å². The second kappa shape index (κ2) is 14.9. The molecular weight excluding hydrogens is 638 g/mol. The van der Waals surface area contributed by atoms with E-state index in [1.807, 2.05) is 13.8 Å². The number of halogens is 1. The van der Waals surface area contributed by atoms with Crippen LogP contribution in [0.3, 0.4) is 0 Å². The number of aliphatic hydroxyl groups is 1. The molecule has 13 nitrogen and oxygen atoms in total. The molecule has 230 valence electrons. The van der Waals surface area contributed by atoms with Gasteiger partial charge in [-0.1, -0.05) is 29.8 Å². The number of H-pyrrole nitrogens is 1. The van der Waals surface area contributed by atoms with Crippen molar-refractivity contribution in [2.45, 2.75) is 69.5 Å². The molecule has 0 aliphatic carbocycles. The Bertz CT molecular complexity index is 1500. The summed E-state index contributed by atoms with van der Waals surface area (Å²) < 4.78 is 44.4. The van der Waals surface area contributed by atoms with Gasteiger partial charge < -0.3 is 19.3 Å². The fourth-order valence-electron chi connectivity index (χ4n) is 4.26. The molecule has 0 amide bonds. The summed E-state index contributed by atoms with van der Waals surface area (Å²) in [7, 11) is -3.72. The van der Waals surface area contributed by atoms with E-state index in [1.165, 1.54) is 52.8 Å². The molecule has 1 aliphatic rings. The molecule has 2 N–H and O–H groups in total. The van der Waals surface area contributed by atoms with Crippen molar-refractivity contribution in [2.75, 3.05) is 19.7 Å². The Morgan fingerprint density at radius 2 is 1.86 bits per heavy atom. The number of aromatic amines is 1. The van der Waals surface area contributed by atoms with Crippen LogP contribution in [0.25, 0.3) is 6.08 Å². The van der Waals surface area contributed by atoms with Crippen molar-refractivity contribution < 1.29 is 37.3 Å². The summed E-state index contributed by atoms with van der Waals surface area (Å²) in [6, 6.07) is 5.25. The van der Waals surface area contributed by atoms with Crippen molar-refractivity contribution in [3.05, 3.63) is 67.4 Å². The molecular formula is C27H34BrN3O10S. The lowest BCUT2D eigenvalue weighted by Crippen LogP contribution is -2.34. The van der Waals surface area contributed by atoms with Gasteiger partial charge in [-0.2, -0.15) is 4.31 Å². The second-order valence-electron chi connectivity index (χ2n) is 9.58. The Morgan fingerprint density at radius 3 is 2.45 bits per heavy atom. The Morgan fingerprint density at radius 1 is 1.21 bits per heavy atom. The van der Waals surface area contributed by atoms with Crippen LogP contribution in [0.4, 0.5) is 0 Å². The largest absolute Gasteiger partial charge is 0.460 e. The number of sulfonamides is 1. The molecule has 1 aromatic carbocycles.